The van der Waals surface area contributed by atoms with E-state index in [1.807, 2.05) is 0 Å². The molecule has 3 nitrogen and oxygen atoms in total. The molecule has 1 atom stereocenters. The van der Waals surface area contributed by atoms with Crippen molar-refractivity contribution in [3.05, 3.63) is 30.3 Å². The van der Waals surface area contributed by atoms with Crippen molar-refractivity contribution < 1.29 is 5.11 Å². The van der Waals surface area contributed by atoms with E-state index in [4.69, 9.17) is 0 Å². The molecule has 1 fully saturated rings. The molecule has 1 aliphatic rings. The van der Waals surface area contributed by atoms with Crippen LogP contribution in [0.25, 0.3) is 0 Å². The summed E-state index contributed by atoms with van der Waals surface area (Å²) in [6.07, 6.45) is 3.31. The van der Waals surface area contributed by atoms with Gasteiger partial charge in [-0.2, -0.15) is 0 Å². The second kappa shape index (κ2) is 6.76. The first-order valence-corrected chi connectivity index (χ1v) is 7.00. The number of nitrogens with one attached hydrogen (secondary N) is 1. The van der Waals surface area contributed by atoms with E-state index < -0.39 is 0 Å². The van der Waals surface area contributed by atoms with Gasteiger partial charge in [0.05, 0.1) is 6.61 Å². The van der Waals surface area contributed by atoms with E-state index in [0.717, 1.165) is 32.4 Å². The standard InChI is InChI=1S/C15H24N2O/c1-2-13(12-18)16-14-8-10-17(11-9-14)15-6-4-3-5-7-15/h3-7,13-14,16,18H,2,8-12H2,1H3/t13-/m0/s1. The van der Waals surface area contributed by atoms with Crippen molar-refractivity contribution in [1.82, 2.24) is 5.32 Å². The fraction of sp³-hybridized carbons (Fsp3) is 0.600. The topological polar surface area (TPSA) is 35.5 Å². The Morgan fingerprint density at radius 1 is 1.28 bits per heavy atom. The predicted molar refractivity (Wildman–Crippen MR) is 76.0 cm³/mol. The van der Waals surface area contributed by atoms with Crippen LogP contribution in [-0.2, 0) is 0 Å². The predicted octanol–water partition coefficient (Wildman–Crippen LogP) is 2.02. The average molecular weight is 248 g/mol. The van der Waals surface area contributed by atoms with E-state index in [1.165, 1.54) is 5.69 Å². The maximum atomic E-state index is 9.21. The second-order valence-electron chi connectivity index (χ2n) is 5.05. The van der Waals surface area contributed by atoms with E-state index in [1.54, 1.807) is 0 Å². The molecule has 1 saturated heterocycles. The first-order valence-electron chi connectivity index (χ1n) is 7.00. The molecule has 0 aliphatic carbocycles. The number of para-hydroxylation sites is 1. The molecule has 1 aromatic rings. The Hall–Kier alpha value is -1.06. The molecule has 0 unspecified atom stereocenters. The number of aliphatic hydroxyl groups excluding tert-OH is 1. The van der Waals surface area contributed by atoms with Gasteiger partial charge in [0, 0.05) is 30.9 Å². The number of hydrogen-bond acceptors (Lipinski definition) is 3. The first kappa shape index (κ1) is 13.4. The smallest absolute Gasteiger partial charge is 0.0584 e. The van der Waals surface area contributed by atoms with Crippen LogP contribution in [0.5, 0.6) is 0 Å². The molecule has 1 aliphatic heterocycles. The lowest BCUT2D eigenvalue weighted by Gasteiger charge is -2.35. The van der Waals surface area contributed by atoms with Crippen molar-refractivity contribution in [2.24, 2.45) is 0 Å². The van der Waals surface area contributed by atoms with Crippen LogP contribution >= 0.6 is 0 Å². The highest BCUT2D eigenvalue weighted by atomic mass is 16.3. The highest BCUT2D eigenvalue weighted by molar-refractivity contribution is 5.46. The van der Waals surface area contributed by atoms with Gasteiger partial charge in [-0.1, -0.05) is 25.1 Å². The van der Waals surface area contributed by atoms with Crippen molar-refractivity contribution in [2.45, 2.75) is 38.3 Å². The zero-order valence-electron chi connectivity index (χ0n) is 11.2. The van der Waals surface area contributed by atoms with E-state index in [9.17, 15) is 5.11 Å². The molecule has 100 valence electrons. The van der Waals surface area contributed by atoms with E-state index in [-0.39, 0.29) is 12.6 Å². The van der Waals surface area contributed by atoms with Crippen LogP contribution in [0.3, 0.4) is 0 Å². The molecule has 0 aromatic heterocycles. The largest absolute Gasteiger partial charge is 0.395 e. The third-order valence-corrected chi connectivity index (χ3v) is 3.80. The average Bonchev–Trinajstić information content (AvgIpc) is 2.46. The molecule has 0 radical (unpaired) electrons. The number of rotatable bonds is 5. The van der Waals surface area contributed by atoms with E-state index >= 15 is 0 Å². The summed E-state index contributed by atoms with van der Waals surface area (Å²) in [6, 6.07) is 11.4. The van der Waals surface area contributed by atoms with Gasteiger partial charge in [-0.05, 0) is 31.4 Å². The van der Waals surface area contributed by atoms with Crippen LogP contribution in [0.2, 0.25) is 0 Å². The summed E-state index contributed by atoms with van der Waals surface area (Å²) in [5, 5.41) is 12.8. The molecule has 0 bridgehead atoms. The van der Waals surface area contributed by atoms with Crippen molar-refractivity contribution in [3.8, 4) is 0 Å². The molecule has 18 heavy (non-hydrogen) atoms. The Morgan fingerprint density at radius 2 is 1.94 bits per heavy atom. The van der Waals surface area contributed by atoms with Crippen LogP contribution in [-0.4, -0.2) is 36.9 Å². The number of hydrogen-bond donors (Lipinski definition) is 2. The fourth-order valence-corrected chi connectivity index (χ4v) is 2.58. The number of anilines is 1. The van der Waals surface area contributed by atoms with Gasteiger partial charge in [0.15, 0.2) is 0 Å². The molecule has 0 saturated carbocycles. The lowest BCUT2D eigenvalue weighted by atomic mass is 10.0. The summed E-state index contributed by atoms with van der Waals surface area (Å²) in [7, 11) is 0. The molecule has 2 N–H and O–H groups in total. The Morgan fingerprint density at radius 3 is 2.50 bits per heavy atom. The van der Waals surface area contributed by atoms with Gasteiger partial charge in [-0.3, -0.25) is 0 Å². The second-order valence-corrected chi connectivity index (χ2v) is 5.05. The van der Waals surface area contributed by atoms with Gasteiger partial charge in [0.2, 0.25) is 0 Å². The van der Waals surface area contributed by atoms with E-state index in [2.05, 4.69) is 47.5 Å². The van der Waals surface area contributed by atoms with Gasteiger partial charge < -0.3 is 15.3 Å². The molecule has 2 rings (SSSR count). The maximum Gasteiger partial charge on any atom is 0.0584 e. The summed E-state index contributed by atoms with van der Waals surface area (Å²) in [5.41, 5.74) is 1.32. The minimum atomic E-state index is 0.245. The van der Waals surface area contributed by atoms with Crippen LogP contribution < -0.4 is 10.2 Å². The lowest BCUT2D eigenvalue weighted by molar-refractivity contribution is 0.220. The van der Waals surface area contributed by atoms with Gasteiger partial charge >= 0.3 is 0 Å². The summed E-state index contributed by atoms with van der Waals surface area (Å²) >= 11 is 0. The maximum absolute atomic E-state index is 9.21. The minimum Gasteiger partial charge on any atom is -0.395 e. The zero-order chi connectivity index (χ0) is 12.8. The van der Waals surface area contributed by atoms with Crippen LogP contribution in [0.1, 0.15) is 26.2 Å². The molecule has 1 aromatic carbocycles. The summed E-state index contributed by atoms with van der Waals surface area (Å²) < 4.78 is 0. The van der Waals surface area contributed by atoms with Crippen molar-refractivity contribution >= 4 is 5.69 Å². The highest BCUT2D eigenvalue weighted by Gasteiger charge is 2.20. The quantitative estimate of drug-likeness (QED) is 0.837. The van der Waals surface area contributed by atoms with Crippen molar-refractivity contribution in [2.75, 3.05) is 24.6 Å². The number of piperidine rings is 1. The summed E-state index contributed by atoms with van der Waals surface area (Å²) in [6.45, 7) is 4.56. The molecular formula is C15H24N2O. The van der Waals surface area contributed by atoms with Gasteiger partial charge in [-0.15, -0.1) is 0 Å². The number of benzene rings is 1. The molecule has 0 spiro atoms. The normalized spacial score (nSPS) is 18.9. The highest BCUT2D eigenvalue weighted by Crippen LogP contribution is 2.19. The Balaban J connectivity index is 1.81. The third kappa shape index (κ3) is 3.47. The Bertz CT molecular complexity index is 330. The van der Waals surface area contributed by atoms with Gasteiger partial charge in [0.1, 0.15) is 0 Å². The zero-order valence-corrected chi connectivity index (χ0v) is 11.2. The molecule has 1 heterocycles. The van der Waals surface area contributed by atoms with E-state index in [0.29, 0.717) is 6.04 Å². The molecule has 3 heteroatoms. The molecular weight excluding hydrogens is 224 g/mol. The summed E-state index contributed by atoms with van der Waals surface area (Å²) in [5.74, 6) is 0. The fourth-order valence-electron chi connectivity index (χ4n) is 2.58. The number of nitrogens with zero attached hydrogens (tertiary/aromatic N) is 1. The first-order chi connectivity index (χ1) is 8.83. The Labute approximate surface area is 110 Å². The summed E-state index contributed by atoms with van der Waals surface area (Å²) in [4.78, 5) is 2.44. The van der Waals surface area contributed by atoms with Crippen molar-refractivity contribution in [3.63, 3.8) is 0 Å². The van der Waals surface area contributed by atoms with Gasteiger partial charge in [-0.25, -0.2) is 0 Å². The molecule has 0 amide bonds. The van der Waals surface area contributed by atoms with Crippen LogP contribution in [0.15, 0.2) is 30.3 Å². The van der Waals surface area contributed by atoms with Gasteiger partial charge in [0.25, 0.3) is 0 Å². The monoisotopic (exact) mass is 248 g/mol. The van der Waals surface area contributed by atoms with Crippen LogP contribution in [0.4, 0.5) is 5.69 Å². The Kier molecular flexibility index (Phi) is 5.02. The van der Waals surface area contributed by atoms with Crippen molar-refractivity contribution in [1.29, 1.82) is 0 Å². The lowest BCUT2D eigenvalue weighted by Crippen LogP contribution is -2.47. The number of aliphatic hydroxyl groups is 1. The van der Waals surface area contributed by atoms with Crippen LogP contribution in [0, 0.1) is 0 Å². The minimum absolute atomic E-state index is 0.245. The SMILES string of the molecule is CC[C@@H](CO)NC1CCN(c2ccccc2)CC1. The third-order valence-electron chi connectivity index (χ3n) is 3.80.